The average Bonchev–Trinajstić information content (AvgIpc) is 2.67. The zero-order valence-corrected chi connectivity index (χ0v) is 7.97. The van der Waals surface area contributed by atoms with Gasteiger partial charge >= 0.3 is 0 Å². The smallest absolute Gasteiger partial charge is 0.140 e. The predicted octanol–water partition coefficient (Wildman–Crippen LogP) is 1.52. The summed E-state index contributed by atoms with van der Waals surface area (Å²) < 4.78 is 0. The third-order valence-electron chi connectivity index (χ3n) is 2.44. The molecular formula is C11H12N2O. The second kappa shape index (κ2) is 3.62. The maximum atomic E-state index is 11.3. The van der Waals surface area contributed by atoms with Gasteiger partial charge in [-0.2, -0.15) is 5.10 Å². The maximum Gasteiger partial charge on any atom is 0.140 e. The van der Waals surface area contributed by atoms with E-state index in [1.165, 1.54) is 0 Å². The van der Waals surface area contributed by atoms with Crippen molar-refractivity contribution in [2.24, 2.45) is 11.0 Å². The first kappa shape index (κ1) is 8.94. The van der Waals surface area contributed by atoms with Crippen LogP contribution in [0.15, 0.2) is 35.4 Å². The number of carbonyl (C=O) groups is 1. The number of ketones is 1. The van der Waals surface area contributed by atoms with Crippen LogP contribution in [-0.4, -0.2) is 12.0 Å². The molecular weight excluding hydrogens is 176 g/mol. The van der Waals surface area contributed by atoms with Gasteiger partial charge in [0.25, 0.3) is 0 Å². The number of hydrogen-bond acceptors (Lipinski definition) is 3. The van der Waals surface area contributed by atoms with Crippen molar-refractivity contribution in [2.75, 3.05) is 0 Å². The van der Waals surface area contributed by atoms with Crippen molar-refractivity contribution in [3.63, 3.8) is 0 Å². The molecule has 0 radical (unpaired) electrons. The van der Waals surface area contributed by atoms with Crippen LogP contribution in [-0.2, 0) is 4.79 Å². The summed E-state index contributed by atoms with van der Waals surface area (Å²) in [4.78, 5) is 11.3. The van der Waals surface area contributed by atoms with Crippen LogP contribution in [0.3, 0.4) is 0 Å². The molecule has 2 atom stereocenters. The lowest BCUT2D eigenvalue weighted by Gasteiger charge is -2.15. The van der Waals surface area contributed by atoms with Gasteiger partial charge in [0.15, 0.2) is 0 Å². The minimum atomic E-state index is -0.127. The number of Topliss-reactive ketones (excluding diaryl/α,β-unsaturated/α-hetero) is 1. The fraction of sp³-hybridized carbons (Fsp3) is 0.273. The van der Waals surface area contributed by atoms with Crippen LogP contribution < -0.4 is 5.43 Å². The van der Waals surface area contributed by atoms with Crippen LogP contribution in [0.25, 0.3) is 0 Å². The van der Waals surface area contributed by atoms with Gasteiger partial charge < -0.3 is 5.43 Å². The molecule has 0 bridgehead atoms. The van der Waals surface area contributed by atoms with Crippen LogP contribution in [0.1, 0.15) is 18.5 Å². The predicted molar refractivity (Wildman–Crippen MR) is 55.0 cm³/mol. The number of hydrazone groups is 1. The summed E-state index contributed by atoms with van der Waals surface area (Å²) in [5.41, 5.74) is 4.05. The van der Waals surface area contributed by atoms with E-state index in [9.17, 15) is 4.79 Å². The molecule has 3 nitrogen and oxygen atoms in total. The molecule has 1 aliphatic rings. The van der Waals surface area contributed by atoms with Crippen molar-refractivity contribution >= 4 is 12.0 Å². The molecule has 1 N–H and O–H groups in total. The molecule has 1 aromatic carbocycles. The molecule has 3 heteroatoms. The van der Waals surface area contributed by atoms with Gasteiger partial charge in [0.2, 0.25) is 0 Å². The summed E-state index contributed by atoms with van der Waals surface area (Å²) in [6.07, 6.45) is 1.68. The van der Waals surface area contributed by atoms with E-state index in [0.717, 1.165) is 5.56 Å². The maximum absolute atomic E-state index is 11.3. The molecule has 1 heterocycles. The van der Waals surface area contributed by atoms with Crippen LogP contribution in [0.5, 0.6) is 0 Å². The summed E-state index contributed by atoms with van der Waals surface area (Å²) in [5, 5.41) is 3.95. The number of carbonyl (C=O) groups excluding carboxylic acids is 1. The highest BCUT2D eigenvalue weighted by molar-refractivity contribution is 5.95. The number of rotatable bonds is 2. The largest absolute Gasteiger partial charge is 0.302 e. The molecule has 72 valence electrons. The Morgan fingerprint density at radius 1 is 1.36 bits per heavy atom. The highest BCUT2D eigenvalue weighted by Crippen LogP contribution is 2.24. The first-order valence-electron chi connectivity index (χ1n) is 4.63. The Morgan fingerprint density at radius 3 is 2.71 bits per heavy atom. The molecule has 2 rings (SSSR count). The highest BCUT2D eigenvalue weighted by atomic mass is 16.1. The van der Waals surface area contributed by atoms with E-state index < -0.39 is 0 Å². The standard InChI is InChI=1S/C11H12N2O/c1-8(14)10-7-12-13-11(10)9-5-3-2-4-6-9/h2-7,10-11,13H,1H3. The first-order chi connectivity index (χ1) is 6.79. The fourth-order valence-electron chi connectivity index (χ4n) is 1.65. The normalized spacial score (nSPS) is 24.6. The lowest BCUT2D eigenvalue weighted by Crippen LogP contribution is -2.23. The van der Waals surface area contributed by atoms with Gasteiger partial charge in [0.1, 0.15) is 5.78 Å². The van der Waals surface area contributed by atoms with Gasteiger partial charge in [0, 0.05) is 6.21 Å². The second-order valence-electron chi connectivity index (χ2n) is 3.43. The lowest BCUT2D eigenvalue weighted by atomic mass is 9.93. The summed E-state index contributed by atoms with van der Waals surface area (Å²) >= 11 is 0. The summed E-state index contributed by atoms with van der Waals surface area (Å²) in [5.74, 6) is 0.0185. The van der Waals surface area contributed by atoms with Crippen molar-refractivity contribution in [3.8, 4) is 0 Å². The van der Waals surface area contributed by atoms with E-state index in [-0.39, 0.29) is 17.7 Å². The number of nitrogens with zero attached hydrogens (tertiary/aromatic N) is 1. The van der Waals surface area contributed by atoms with E-state index in [4.69, 9.17) is 0 Å². The molecule has 0 spiro atoms. The molecule has 0 saturated carbocycles. The van der Waals surface area contributed by atoms with Gasteiger partial charge in [-0.1, -0.05) is 30.3 Å². The van der Waals surface area contributed by atoms with Crippen LogP contribution >= 0.6 is 0 Å². The minimum Gasteiger partial charge on any atom is -0.302 e. The summed E-state index contributed by atoms with van der Waals surface area (Å²) in [6.45, 7) is 1.60. The zero-order valence-electron chi connectivity index (χ0n) is 7.97. The number of benzene rings is 1. The van der Waals surface area contributed by atoms with Crippen LogP contribution in [0.4, 0.5) is 0 Å². The number of hydrogen-bond donors (Lipinski definition) is 1. The number of nitrogens with one attached hydrogen (secondary N) is 1. The van der Waals surface area contributed by atoms with E-state index in [2.05, 4.69) is 10.5 Å². The summed E-state index contributed by atoms with van der Waals surface area (Å²) in [7, 11) is 0. The van der Waals surface area contributed by atoms with Crippen molar-refractivity contribution in [3.05, 3.63) is 35.9 Å². The Labute approximate surface area is 82.8 Å². The first-order valence-corrected chi connectivity index (χ1v) is 4.63. The van der Waals surface area contributed by atoms with Gasteiger partial charge in [0.05, 0.1) is 12.0 Å². The van der Waals surface area contributed by atoms with E-state index in [1.807, 2.05) is 30.3 Å². The van der Waals surface area contributed by atoms with Crippen molar-refractivity contribution < 1.29 is 4.79 Å². The van der Waals surface area contributed by atoms with E-state index in [0.29, 0.717) is 0 Å². The Hall–Kier alpha value is -1.64. The average molecular weight is 188 g/mol. The molecule has 2 unspecified atom stereocenters. The Balaban J connectivity index is 2.24. The molecule has 1 aliphatic heterocycles. The molecule has 0 amide bonds. The third kappa shape index (κ3) is 1.53. The third-order valence-corrected chi connectivity index (χ3v) is 2.44. The Kier molecular flexibility index (Phi) is 2.31. The summed E-state index contributed by atoms with van der Waals surface area (Å²) in [6, 6.07) is 9.90. The topological polar surface area (TPSA) is 41.5 Å². The second-order valence-corrected chi connectivity index (χ2v) is 3.43. The molecule has 0 aromatic heterocycles. The van der Waals surface area contributed by atoms with Gasteiger partial charge in [-0.05, 0) is 12.5 Å². The molecule has 1 aromatic rings. The molecule has 0 fully saturated rings. The zero-order chi connectivity index (χ0) is 9.97. The van der Waals surface area contributed by atoms with E-state index >= 15 is 0 Å². The van der Waals surface area contributed by atoms with Gasteiger partial charge in [-0.3, -0.25) is 4.79 Å². The fourth-order valence-corrected chi connectivity index (χ4v) is 1.65. The van der Waals surface area contributed by atoms with Crippen LogP contribution in [0.2, 0.25) is 0 Å². The van der Waals surface area contributed by atoms with Gasteiger partial charge in [-0.15, -0.1) is 0 Å². The highest BCUT2D eigenvalue weighted by Gasteiger charge is 2.28. The van der Waals surface area contributed by atoms with E-state index in [1.54, 1.807) is 13.1 Å². The SMILES string of the molecule is CC(=O)C1C=NNC1c1ccccc1. The monoisotopic (exact) mass is 188 g/mol. The lowest BCUT2D eigenvalue weighted by molar-refractivity contribution is -0.119. The van der Waals surface area contributed by atoms with Crippen molar-refractivity contribution in [2.45, 2.75) is 13.0 Å². The molecule has 0 saturated heterocycles. The Morgan fingerprint density at radius 2 is 2.07 bits per heavy atom. The minimum absolute atomic E-state index is 0.00806. The molecule has 14 heavy (non-hydrogen) atoms. The van der Waals surface area contributed by atoms with Gasteiger partial charge in [-0.25, -0.2) is 0 Å². The quantitative estimate of drug-likeness (QED) is 0.764. The van der Waals surface area contributed by atoms with Crippen LogP contribution in [0, 0.1) is 5.92 Å². The van der Waals surface area contributed by atoms with Crippen molar-refractivity contribution in [1.82, 2.24) is 5.43 Å². The Bertz CT molecular complexity index is 359. The van der Waals surface area contributed by atoms with Crippen molar-refractivity contribution in [1.29, 1.82) is 0 Å². The molecule has 0 aliphatic carbocycles.